The predicted molar refractivity (Wildman–Crippen MR) is 68.3 cm³/mol. The molecule has 1 aromatic carbocycles. The van der Waals surface area contributed by atoms with E-state index in [-0.39, 0.29) is 5.69 Å². The third kappa shape index (κ3) is 3.25. The minimum absolute atomic E-state index is 0.160. The lowest BCUT2D eigenvalue weighted by atomic mass is 10.3. The van der Waals surface area contributed by atoms with Crippen LogP contribution >= 0.6 is 0 Å². The molecule has 0 fully saturated rings. The first-order valence-electron chi connectivity index (χ1n) is 5.40. The SMILES string of the molecule is O=C(/C=C/c1ccccn1)Nc1ccccc1F. The average molecular weight is 242 g/mol. The zero-order valence-electron chi connectivity index (χ0n) is 9.51. The van der Waals surface area contributed by atoms with E-state index >= 15 is 0 Å². The van der Waals surface area contributed by atoms with Crippen molar-refractivity contribution in [1.82, 2.24) is 4.98 Å². The van der Waals surface area contributed by atoms with Crippen LogP contribution in [-0.4, -0.2) is 10.9 Å². The van der Waals surface area contributed by atoms with Crippen molar-refractivity contribution in [3.05, 3.63) is 66.2 Å². The van der Waals surface area contributed by atoms with Gasteiger partial charge in [0, 0.05) is 12.3 Å². The molecule has 0 aliphatic carbocycles. The molecule has 0 aliphatic rings. The number of benzene rings is 1. The maximum Gasteiger partial charge on any atom is 0.248 e. The van der Waals surface area contributed by atoms with E-state index in [2.05, 4.69) is 10.3 Å². The molecule has 3 nitrogen and oxygen atoms in total. The number of aromatic nitrogens is 1. The molecule has 0 aliphatic heterocycles. The number of hydrogen-bond donors (Lipinski definition) is 1. The molecule has 2 aromatic rings. The van der Waals surface area contributed by atoms with Crippen LogP contribution in [0.4, 0.5) is 10.1 Å². The average Bonchev–Trinajstić information content (AvgIpc) is 2.40. The van der Waals surface area contributed by atoms with Gasteiger partial charge >= 0.3 is 0 Å². The Kier molecular flexibility index (Phi) is 3.81. The quantitative estimate of drug-likeness (QED) is 0.841. The molecule has 0 unspecified atom stereocenters. The number of para-hydroxylation sites is 1. The number of rotatable bonds is 3. The normalized spacial score (nSPS) is 10.5. The highest BCUT2D eigenvalue weighted by Crippen LogP contribution is 2.12. The molecule has 1 amide bonds. The van der Waals surface area contributed by atoms with Crippen molar-refractivity contribution in [2.75, 3.05) is 5.32 Å². The molecule has 0 atom stereocenters. The van der Waals surface area contributed by atoms with Gasteiger partial charge in [-0.15, -0.1) is 0 Å². The first kappa shape index (κ1) is 12.0. The molecule has 18 heavy (non-hydrogen) atoms. The first-order valence-corrected chi connectivity index (χ1v) is 5.40. The van der Waals surface area contributed by atoms with Gasteiger partial charge in [0.15, 0.2) is 0 Å². The standard InChI is InChI=1S/C14H11FN2O/c15-12-6-1-2-7-13(12)17-14(18)9-8-11-5-3-4-10-16-11/h1-10H,(H,17,18)/b9-8+. The van der Waals surface area contributed by atoms with Crippen molar-refractivity contribution in [1.29, 1.82) is 0 Å². The lowest BCUT2D eigenvalue weighted by Gasteiger charge is -2.02. The summed E-state index contributed by atoms with van der Waals surface area (Å²) in [4.78, 5) is 15.6. The summed E-state index contributed by atoms with van der Waals surface area (Å²) in [5.41, 5.74) is 0.828. The van der Waals surface area contributed by atoms with Crippen molar-refractivity contribution < 1.29 is 9.18 Å². The van der Waals surface area contributed by atoms with Crippen LogP contribution in [0.5, 0.6) is 0 Å². The molecule has 0 radical (unpaired) electrons. The third-order valence-electron chi connectivity index (χ3n) is 2.22. The molecule has 90 valence electrons. The zero-order chi connectivity index (χ0) is 12.8. The van der Waals surface area contributed by atoms with E-state index in [4.69, 9.17) is 0 Å². The topological polar surface area (TPSA) is 42.0 Å². The summed E-state index contributed by atoms with van der Waals surface area (Å²) >= 11 is 0. The zero-order valence-corrected chi connectivity index (χ0v) is 9.51. The maximum atomic E-state index is 13.3. The van der Waals surface area contributed by atoms with Crippen molar-refractivity contribution in [3.8, 4) is 0 Å². The molecule has 0 spiro atoms. The molecule has 1 aromatic heterocycles. The van der Waals surface area contributed by atoms with Crippen molar-refractivity contribution >= 4 is 17.7 Å². The van der Waals surface area contributed by atoms with Crippen molar-refractivity contribution in [3.63, 3.8) is 0 Å². The highest BCUT2D eigenvalue weighted by molar-refractivity contribution is 6.01. The van der Waals surface area contributed by atoms with Gasteiger partial charge < -0.3 is 5.32 Å². The van der Waals surface area contributed by atoms with Gasteiger partial charge in [-0.1, -0.05) is 18.2 Å². The van der Waals surface area contributed by atoms with E-state index in [1.165, 1.54) is 18.2 Å². The lowest BCUT2D eigenvalue weighted by molar-refractivity contribution is -0.111. The highest BCUT2D eigenvalue weighted by Gasteiger charge is 2.02. The van der Waals surface area contributed by atoms with Crippen LogP contribution < -0.4 is 5.32 Å². The molecule has 0 bridgehead atoms. The Morgan fingerprint density at radius 3 is 2.67 bits per heavy atom. The van der Waals surface area contributed by atoms with E-state index < -0.39 is 11.7 Å². The number of hydrogen-bond acceptors (Lipinski definition) is 2. The summed E-state index contributed by atoms with van der Waals surface area (Å²) in [7, 11) is 0. The second kappa shape index (κ2) is 5.72. The Balaban J connectivity index is 2.02. The Hall–Kier alpha value is -2.49. The van der Waals surface area contributed by atoms with Gasteiger partial charge in [0.25, 0.3) is 0 Å². The summed E-state index contributed by atoms with van der Waals surface area (Å²) < 4.78 is 13.3. The van der Waals surface area contributed by atoms with Gasteiger partial charge in [-0.05, 0) is 30.3 Å². The van der Waals surface area contributed by atoms with Crippen LogP contribution in [-0.2, 0) is 4.79 Å². The smallest absolute Gasteiger partial charge is 0.248 e. The number of nitrogens with zero attached hydrogens (tertiary/aromatic N) is 1. The summed E-state index contributed by atoms with van der Waals surface area (Å²) in [6.07, 6.45) is 4.51. The Bertz CT molecular complexity index is 567. The molecule has 2 rings (SSSR count). The second-order valence-corrected chi connectivity index (χ2v) is 3.56. The van der Waals surface area contributed by atoms with Crippen LogP contribution in [0.15, 0.2) is 54.7 Å². The Labute approximate surface area is 104 Å². The maximum absolute atomic E-state index is 13.3. The Morgan fingerprint density at radius 1 is 1.17 bits per heavy atom. The van der Waals surface area contributed by atoms with Crippen molar-refractivity contribution in [2.45, 2.75) is 0 Å². The van der Waals surface area contributed by atoms with Crippen LogP contribution in [0.1, 0.15) is 5.69 Å². The van der Waals surface area contributed by atoms with Crippen LogP contribution in [0.25, 0.3) is 6.08 Å². The van der Waals surface area contributed by atoms with E-state index in [1.807, 2.05) is 6.07 Å². The van der Waals surface area contributed by atoms with Gasteiger partial charge in [-0.2, -0.15) is 0 Å². The lowest BCUT2D eigenvalue weighted by Crippen LogP contribution is -2.09. The number of halogens is 1. The second-order valence-electron chi connectivity index (χ2n) is 3.56. The molecule has 1 N–H and O–H groups in total. The molecule has 0 saturated heterocycles. The number of pyridine rings is 1. The highest BCUT2D eigenvalue weighted by atomic mass is 19.1. The summed E-state index contributed by atoms with van der Waals surface area (Å²) in [6.45, 7) is 0. The van der Waals surface area contributed by atoms with Gasteiger partial charge in [0.05, 0.1) is 11.4 Å². The van der Waals surface area contributed by atoms with Gasteiger partial charge in [0.1, 0.15) is 5.82 Å². The number of nitrogens with one attached hydrogen (secondary N) is 1. The number of carbonyl (C=O) groups excluding carboxylic acids is 1. The number of amides is 1. The summed E-state index contributed by atoms with van der Waals surface area (Å²) in [6, 6.07) is 11.4. The fourth-order valence-corrected chi connectivity index (χ4v) is 1.37. The van der Waals surface area contributed by atoms with Crippen molar-refractivity contribution in [2.24, 2.45) is 0 Å². The first-order chi connectivity index (χ1) is 8.75. The van der Waals surface area contributed by atoms with E-state index in [1.54, 1.807) is 36.5 Å². The van der Waals surface area contributed by atoms with Gasteiger partial charge in [-0.25, -0.2) is 4.39 Å². The monoisotopic (exact) mass is 242 g/mol. The predicted octanol–water partition coefficient (Wildman–Crippen LogP) is 2.87. The molecule has 0 saturated carbocycles. The van der Waals surface area contributed by atoms with Gasteiger partial charge in [0.2, 0.25) is 5.91 Å². The van der Waals surface area contributed by atoms with E-state index in [9.17, 15) is 9.18 Å². The van der Waals surface area contributed by atoms with E-state index in [0.717, 1.165) is 0 Å². The minimum Gasteiger partial charge on any atom is -0.320 e. The summed E-state index contributed by atoms with van der Waals surface area (Å²) in [5.74, 6) is -0.858. The van der Waals surface area contributed by atoms with Crippen LogP contribution in [0.3, 0.4) is 0 Å². The largest absolute Gasteiger partial charge is 0.320 e. The van der Waals surface area contributed by atoms with Crippen LogP contribution in [0, 0.1) is 5.82 Å². The fourth-order valence-electron chi connectivity index (χ4n) is 1.37. The molecule has 1 heterocycles. The number of carbonyl (C=O) groups is 1. The minimum atomic E-state index is -0.461. The third-order valence-corrected chi connectivity index (χ3v) is 2.22. The number of anilines is 1. The van der Waals surface area contributed by atoms with Crippen LogP contribution in [0.2, 0.25) is 0 Å². The molecule has 4 heteroatoms. The fraction of sp³-hybridized carbons (Fsp3) is 0. The molecular weight excluding hydrogens is 231 g/mol. The Morgan fingerprint density at radius 2 is 1.94 bits per heavy atom. The van der Waals surface area contributed by atoms with Gasteiger partial charge in [-0.3, -0.25) is 9.78 Å². The van der Waals surface area contributed by atoms with E-state index in [0.29, 0.717) is 5.69 Å². The molecular formula is C14H11FN2O. The summed E-state index contributed by atoms with van der Waals surface area (Å²) in [5, 5.41) is 2.45.